The van der Waals surface area contributed by atoms with Crippen LogP contribution in [0, 0.1) is 18.3 Å². The Morgan fingerprint density at radius 2 is 2.05 bits per heavy atom. The Bertz CT molecular complexity index is 520. The smallest absolute Gasteiger partial charge is 0.319 e. The lowest BCUT2D eigenvalue weighted by atomic mass is 10.0. The molecule has 0 fully saturated rings. The predicted octanol–water partition coefficient (Wildman–Crippen LogP) is 1.90. The summed E-state index contributed by atoms with van der Waals surface area (Å²) >= 11 is 0. The molecular weight excluding hydrogens is 244 g/mol. The number of urea groups is 1. The van der Waals surface area contributed by atoms with E-state index in [1.165, 1.54) is 6.92 Å². The van der Waals surface area contributed by atoms with Gasteiger partial charge in [-0.25, -0.2) is 4.79 Å². The molecule has 0 saturated heterocycles. The van der Waals surface area contributed by atoms with Crippen molar-refractivity contribution < 1.29 is 14.7 Å². The maximum atomic E-state index is 11.7. The molecule has 2 atom stereocenters. The molecule has 0 heterocycles. The predicted molar refractivity (Wildman–Crippen MR) is 72.8 cm³/mol. The summed E-state index contributed by atoms with van der Waals surface area (Å²) in [5.74, 6) is 0.845. The Hall–Kier alpha value is -2.48. The third-order valence-electron chi connectivity index (χ3n) is 2.79. The molecule has 1 rings (SSSR count). The van der Waals surface area contributed by atoms with Crippen LogP contribution in [0.3, 0.4) is 0 Å². The van der Waals surface area contributed by atoms with E-state index < -0.39 is 24.0 Å². The number of carboxylic acid groups (broad SMARTS) is 1. The molecule has 0 aromatic heterocycles. The summed E-state index contributed by atoms with van der Waals surface area (Å²) in [6.07, 6.45) is 5.26. The van der Waals surface area contributed by atoms with Crippen LogP contribution in [-0.2, 0) is 4.79 Å². The van der Waals surface area contributed by atoms with Crippen LogP contribution < -0.4 is 10.6 Å². The van der Waals surface area contributed by atoms with Crippen LogP contribution >= 0.6 is 0 Å². The number of hydrogen-bond acceptors (Lipinski definition) is 2. The molecule has 3 N–H and O–H groups in total. The average molecular weight is 260 g/mol. The average Bonchev–Trinajstić information content (AvgIpc) is 2.37. The number of carboxylic acids is 1. The van der Waals surface area contributed by atoms with Gasteiger partial charge in [-0.15, -0.1) is 6.42 Å². The summed E-state index contributed by atoms with van der Waals surface area (Å²) in [6, 6.07) is 5.89. The first-order valence-corrected chi connectivity index (χ1v) is 5.81. The van der Waals surface area contributed by atoms with Crippen molar-refractivity contribution in [2.24, 2.45) is 5.92 Å². The SMILES string of the molecule is C#Cc1cccc(NC(=O)NC(C)C(C)C(=O)O)c1. The fourth-order valence-electron chi connectivity index (χ4n) is 1.40. The zero-order valence-electron chi connectivity index (χ0n) is 10.8. The van der Waals surface area contributed by atoms with Gasteiger partial charge in [0.25, 0.3) is 0 Å². The van der Waals surface area contributed by atoms with E-state index in [1.54, 1.807) is 31.2 Å². The molecule has 0 radical (unpaired) electrons. The van der Waals surface area contributed by atoms with Gasteiger partial charge in [-0.3, -0.25) is 4.79 Å². The van der Waals surface area contributed by atoms with Crippen molar-refractivity contribution in [2.45, 2.75) is 19.9 Å². The second kappa shape index (κ2) is 6.45. The van der Waals surface area contributed by atoms with Crippen molar-refractivity contribution in [2.75, 3.05) is 5.32 Å². The van der Waals surface area contributed by atoms with E-state index in [-0.39, 0.29) is 0 Å². The summed E-state index contributed by atoms with van der Waals surface area (Å²) in [6.45, 7) is 3.17. The van der Waals surface area contributed by atoms with Crippen molar-refractivity contribution in [3.8, 4) is 12.3 Å². The monoisotopic (exact) mass is 260 g/mol. The van der Waals surface area contributed by atoms with E-state index in [0.717, 1.165) is 0 Å². The van der Waals surface area contributed by atoms with Crippen molar-refractivity contribution in [3.05, 3.63) is 29.8 Å². The van der Waals surface area contributed by atoms with Gasteiger partial charge in [-0.2, -0.15) is 0 Å². The number of carbonyl (C=O) groups is 2. The van der Waals surface area contributed by atoms with Crippen molar-refractivity contribution in [1.82, 2.24) is 5.32 Å². The second-order valence-corrected chi connectivity index (χ2v) is 4.24. The first kappa shape index (κ1) is 14.6. The molecule has 0 aliphatic carbocycles. The maximum absolute atomic E-state index is 11.7. The van der Waals surface area contributed by atoms with E-state index in [2.05, 4.69) is 16.6 Å². The van der Waals surface area contributed by atoms with Gasteiger partial charge in [0.2, 0.25) is 0 Å². The fraction of sp³-hybridized carbons (Fsp3) is 0.286. The zero-order valence-corrected chi connectivity index (χ0v) is 10.8. The number of carbonyl (C=O) groups excluding carboxylic acids is 1. The molecule has 5 nitrogen and oxygen atoms in total. The molecule has 1 aromatic carbocycles. The topological polar surface area (TPSA) is 78.4 Å². The van der Waals surface area contributed by atoms with Gasteiger partial charge < -0.3 is 15.7 Å². The highest BCUT2D eigenvalue weighted by molar-refractivity contribution is 5.90. The highest BCUT2D eigenvalue weighted by Crippen LogP contribution is 2.10. The zero-order chi connectivity index (χ0) is 14.4. The third kappa shape index (κ3) is 4.36. The van der Waals surface area contributed by atoms with Gasteiger partial charge >= 0.3 is 12.0 Å². The minimum atomic E-state index is -0.956. The number of anilines is 1. The molecular formula is C14H16N2O3. The Morgan fingerprint density at radius 1 is 1.37 bits per heavy atom. The Morgan fingerprint density at radius 3 is 2.63 bits per heavy atom. The molecule has 100 valence electrons. The first-order chi connectivity index (χ1) is 8.93. The number of benzene rings is 1. The van der Waals surface area contributed by atoms with Crippen molar-refractivity contribution in [1.29, 1.82) is 0 Å². The Labute approximate surface area is 112 Å². The van der Waals surface area contributed by atoms with Gasteiger partial charge in [-0.05, 0) is 32.0 Å². The molecule has 2 amide bonds. The lowest BCUT2D eigenvalue weighted by molar-refractivity contribution is -0.141. The highest BCUT2D eigenvalue weighted by Gasteiger charge is 2.20. The molecule has 0 bridgehead atoms. The molecule has 19 heavy (non-hydrogen) atoms. The van der Waals surface area contributed by atoms with E-state index in [9.17, 15) is 9.59 Å². The fourth-order valence-corrected chi connectivity index (χ4v) is 1.40. The highest BCUT2D eigenvalue weighted by atomic mass is 16.4. The number of terminal acetylenes is 1. The first-order valence-electron chi connectivity index (χ1n) is 5.81. The van der Waals surface area contributed by atoms with E-state index in [4.69, 9.17) is 11.5 Å². The minimum Gasteiger partial charge on any atom is -0.481 e. The van der Waals surface area contributed by atoms with Crippen LogP contribution in [0.25, 0.3) is 0 Å². The van der Waals surface area contributed by atoms with E-state index in [1.807, 2.05) is 0 Å². The Kier molecular flexibility index (Phi) is 4.95. The lowest BCUT2D eigenvalue weighted by Crippen LogP contribution is -2.42. The lowest BCUT2D eigenvalue weighted by Gasteiger charge is -2.18. The minimum absolute atomic E-state index is 0.463. The van der Waals surface area contributed by atoms with Crippen LogP contribution in [0.4, 0.5) is 10.5 Å². The summed E-state index contributed by atoms with van der Waals surface area (Å²) < 4.78 is 0. The van der Waals surface area contributed by atoms with E-state index >= 15 is 0 Å². The van der Waals surface area contributed by atoms with Crippen LogP contribution in [0.2, 0.25) is 0 Å². The Balaban J connectivity index is 2.60. The van der Waals surface area contributed by atoms with Crippen molar-refractivity contribution in [3.63, 3.8) is 0 Å². The summed E-state index contributed by atoms with van der Waals surface area (Å²) in [7, 11) is 0. The number of hydrogen-bond donors (Lipinski definition) is 3. The number of rotatable bonds is 4. The van der Waals surface area contributed by atoms with Gasteiger partial charge in [0.15, 0.2) is 0 Å². The van der Waals surface area contributed by atoms with Crippen LogP contribution in [-0.4, -0.2) is 23.1 Å². The molecule has 2 unspecified atom stereocenters. The van der Waals surface area contributed by atoms with Gasteiger partial charge in [-0.1, -0.05) is 12.0 Å². The van der Waals surface area contributed by atoms with Gasteiger partial charge in [0.1, 0.15) is 0 Å². The van der Waals surface area contributed by atoms with Gasteiger partial charge in [0, 0.05) is 17.3 Å². The normalized spacial score (nSPS) is 12.9. The quantitative estimate of drug-likeness (QED) is 0.723. The number of amides is 2. The third-order valence-corrected chi connectivity index (χ3v) is 2.79. The summed E-state index contributed by atoms with van der Waals surface area (Å²) in [4.78, 5) is 22.5. The molecule has 0 aliphatic heterocycles. The molecule has 0 saturated carbocycles. The largest absolute Gasteiger partial charge is 0.481 e. The number of nitrogens with one attached hydrogen (secondary N) is 2. The van der Waals surface area contributed by atoms with Crippen LogP contribution in [0.1, 0.15) is 19.4 Å². The van der Waals surface area contributed by atoms with Gasteiger partial charge in [0.05, 0.1) is 5.92 Å². The molecule has 5 heteroatoms. The van der Waals surface area contributed by atoms with Crippen LogP contribution in [0.15, 0.2) is 24.3 Å². The molecule has 0 aliphatic rings. The van der Waals surface area contributed by atoms with Crippen molar-refractivity contribution >= 4 is 17.7 Å². The van der Waals surface area contributed by atoms with Crippen LogP contribution in [0.5, 0.6) is 0 Å². The summed E-state index contributed by atoms with van der Waals surface area (Å²) in [5, 5.41) is 14.0. The molecule has 1 aromatic rings. The standard InChI is InChI=1S/C14H16N2O3/c1-4-11-6-5-7-12(8-11)16-14(19)15-10(3)9(2)13(17)18/h1,5-10H,2-3H3,(H,17,18)(H2,15,16,19). The second-order valence-electron chi connectivity index (χ2n) is 4.24. The number of aliphatic carboxylic acids is 1. The molecule has 0 spiro atoms. The van der Waals surface area contributed by atoms with E-state index in [0.29, 0.717) is 11.3 Å². The maximum Gasteiger partial charge on any atom is 0.319 e. The summed E-state index contributed by atoms with van der Waals surface area (Å²) in [5.41, 5.74) is 1.22.